The van der Waals surface area contributed by atoms with Crippen molar-refractivity contribution in [3.05, 3.63) is 112 Å². The lowest BCUT2D eigenvalue weighted by molar-refractivity contribution is -0.137. The molecule has 0 amide bonds. The van der Waals surface area contributed by atoms with Crippen LogP contribution >= 0.6 is 11.3 Å². The first-order chi connectivity index (χ1) is 23.7. The Bertz CT molecular complexity index is 1550. The van der Waals surface area contributed by atoms with Crippen molar-refractivity contribution in [3.63, 3.8) is 0 Å². The van der Waals surface area contributed by atoms with Gasteiger partial charge in [-0.1, -0.05) is 107 Å². The smallest absolute Gasteiger partial charge is 0.443 e. The molecule has 0 N–H and O–H groups in total. The zero-order valence-corrected chi connectivity index (χ0v) is 29.9. The van der Waals surface area contributed by atoms with Gasteiger partial charge in [0.05, 0.1) is 17.9 Å². The van der Waals surface area contributed by atoms with Crippen molar-refractivity contribution in [1.82, 2.24) is 4.98 Å². The van der Waals surface area contributed by atoms with E-state index in [0.29, 0.717) is 46.9 Å². The fourth-order valence-electron chi connectivity index (χ4n) is 4.65. The number of benzene rings is 3. The molecule has 0 aliphatic carbocycles. The Hall–Kier alpha value is -4.24. The van der Waals surface area contributed by atoms with Gasteiger partial charge in [-0.15, -0.1) is 11.3 Å². The number of allylic oxidation sites excluding steroid dienone is 1. The Morgan fingerprint density at radius 2 is 1.57 bits per heavy atom. The zero-order chi connectivity index (χ0) is 36.1. The number of hydrogen-bond acceptors (Lipinski definition) is 6. The summed E-state index contributed by atoms with van der Waals surface area (Å²) in [5.41, 5.74) is 4.32. The molecule has 4 rings (SSSR count). The van der Waals surface area contributed by atoms with Gasteiger partial charge in [0.25, 0.3) is 0 Å². The van der Waals surface area contributed by atoms with E-state index in [1.165, 1.54) is 11.8 Å². The normalized spacial score (nSPS) is 11.5. The third-order valence-electron chi connectivity index (χ3n) is 6.97. The van der Waals surface area contributed by atoms with Crippen LogP contribution in [0.4, 0.5) is 13.2 Å². The predicted molar refractivity (Wildman–Crippen MR) is 194 cm³/mol. The van der Waals surface area contributed by atoms with E-state index in [-0.39, 0.29) is 18.5 Å². The molecule has 0 aliphatic rings. The second kappa shape index (κ2) is 22.4. The van der Waals surface area contributed by atoms with E-state index >= 15 is 0 Å². The van der Waals surface area contributed by atoms with Crippen molar-refractivity contribution in [2.24, 2.45) is 5.92 Å². The van der Waals surface area contributed by atoms with Crippen LogP contribution < -0.4 is 4.74 Å². The molecule has 0 radical (unpaired) electrons. The Labute approximate surface area is 293 Å². The molecular formula is C40H48F3NO4S. The lowest BCUT2D eigenvalue weighted by Gasteiger charge is -2.14. The van der Waals surface area contributed by atoms with E-state index in [1.807, 2.05) is 62.4 Å². The van der Waals surface area contributed by atoms with E-state index in [0.717, 1.165) is 48.7 Å². The molecule has 4 aromatic rings. The van der Waals surface area contributed by atoms with Crippen molar-refractivity contribution < 1.29 is 32.2 Å². The number of carbonyl (C=O) groups excluding carboxylic acids is 2. The lowest BCUT2D eigenvalue weighted by Crippen LogP contribution is -2.06. The average Bonchev–Trinajstić information content (AvgIpc) is 3.62. The van der Waals surface area contributed by atoms with Crippen LogP contribution in [0.15, 0.2) is 84.3 Å². The Morgan fingerprint density at radius 3 is 2.18 bits per heavy atom. The minimum Gasteiger partial charge on any atom is -0.488 e. The molecule has 1 aromatic heterocycles. The number of hydrogen-bond donors (Lipinski definition) is 0. The molecule has 0 saturated carbocycles. The molecular weight excluding hydrogens is 648 g/mol. The van der Waals surface area contributed by atoms with Crippen LogP contribution in [0.3, 0.4) is 0 Å². The van der Waals surface area contributed by atoms with E-state index in [2.05, 4.69) is 31.0 Å². The molecule has 0 saturated heterocycles. The van der Waals surface area contributed by atoms with E-state index < -0.39 is 11.2 Å². The minimum absolute atomic E-state index is 0.208. The first kappa shape index (κ1) is 40.9. The number of unbranched alkanes of at least 4 members (excludes halogenated alkanes) is 2. The van der Waals surface area contributed by atoms with E-state index in [4.69, 9.17) is 9.47 Å². The number of alkyl halides is 3. The highest BCUT2D eigenvalue weighted by atomic mass is 32.1. The highest BCUT2D eigenvalue weighted by molar-refractivity contribution is 7.10. The summed E-state index contributed by atoms with van der Waals surface area (Å²) >= 11 is 0.583. The summed E-state index contributed by atoms with van der Waals surface area (Å²) in [6.45, 7) is 10.6. The second-order valence-electron chi connectivity index (χ2n) is 11.0. The lowest BCUT2D eigenvalue weighted by atomic mass is 9.92. The standard InChI is InChI=1S/C35H34F3NO4S.C3H8.C2H6/c1-2-42-33(41)30-19-12-26(13-20-30)22-25(8-4-3-7-21-40)11-18-29-9-5-6-10-32(29)43-23-27-14-16-28(17-15-27)31-24-44-34(39-31)35(36,37)38;1-3-2;1-2/h5-6,9-21,24-25H,2-4,7-8,22-23H2,1H3;3H2,1-2H3;1-2H3/b18-11+;;. The van der Waals surface area contributed by atoms with Gasteiger partial charge in [0, 0.05) is 22.9 Å². The number of thiazole rings is 1. The molecule has 0 aliphatic heterocycles. The van der Waals surface area contributed by atoms with Crippen molar-refractivity contribution in [2.45, 2.75) is 85.9 Å². The molecule has 0 bridgehead atoms. The quantitative estimate of drug-likeness (QED) is 0.0703. The molecule has 9 heteroatoms. The predicted octanol–water partition coefficient (Wildman–Crippen LogP) is 11.7. The molecule has 1 atom stereocenters. The SMILES string of the molecule is CC.CCC.CCOC(=O)c1ccc(CC(/C=C/c2ccccc2OCc2ccc(-c3csc(C(F)(F)F)n3)cc2)CCCCC=O)cc1. The van der Waals surface area contributed by atoms with Crippen molar-refractivity contribution in [1.29, 1.82) is 0 Å². The van der Waals surface area contributed by atoms with Crippen LogP contribution in [-0.2, 0) is 28.7 Å². The summed E-state index contributed by atoms with van der Waals surface area (Å²) in [7, 11) is 0. The van der Waals surface area contributed by atoms with E-state index in [1.54, 1.807) is 31.2 Å². The Kier molecular flexibility index (Phi) is 18.7. The van der Waals surface area contributed by atoms with Gasteiger partial charge in [-0.2, -0.15) is 13.2 Å². The Balaban J connectivity index is 0.00000158. The molecule has 264 valence electrons. The highest BCUT2D eigenvalue weighted by Gasteiger charge is 2.34. The number of esters is 1. The van der Waals surface area contributed by atoms with Gasteiger partial charge >= 0.3 is 12.1 Å². The summed E-state index contributed by atoms with van der Waals surface area (Å²) in [6, 6.07) is 22.3. The fourth-order valence-corrected chi connectivity index (χ4v) is 5.35. The maximum absolute atomic E-state index is 12.9. The second-order valence-corrected chi connectivity index (χ2v) is 11.8. The van der Waals surface area contributed by atoms with Gasteiger partial charge in [-0.3, -0.25) is 0 Å². The number of para-hydroxylation sites is 1. The molecule has 1 heterocycles. The molecule has 0 spiro atoms. The largest absolute Gasteiger partial charge is 0.488 e. The van der Waals surface area contributed by atoms with Crippen LogP contribution in [0, 0.1) is 5.92 Å². The summed E-state index contributed by atoms with van der Waals surface area (Å²) in [5.74, 6) is 0.579. The van der Waals surface area contributed by atoms with Crippen LogP contribution in [0.1, 0.15) is 98.8 Å². The van der Waals surface area contributed by atoms with E-state index in [9.17, 15) is 22.8 Å². The number of aldehydes is 1. The summed E-state index contributed by atoms with van der Waals surface area (Å²) in [6.07, 6.45) is 5.94. The van der Waals surface area contributed by atoms with Gasteiger partial charge in [0.1, 0.15) is 18.6 Å². The molecule has 0 fully saturated rings. The zero-order valence-electron chi connectivity index (χ0n) is 29.1. The number of aromatic nitrogens is 1. The average molecular weight is 696 g/mol. The minimum atomic E-state index is -4.45. The number of rotatable bonds is 15. The Morgan fingerprint density at radius 1 is 0.918 bits per heavy atom. The van der Waals surface area contributed by atoms with Crippen molar-refractivity contribution in [2.75, 3.05) is 6.61 Å². The fraction of sp³-hybridized carbons (Fsp3) is 0.375. The summed E-state index contributed by atoms with van der Waals surface area (Å²) < 4.78 is 50.0. The van der Waals surface area contributed by atoms with Crippen LogP contribution in [0.2, 0.25) is 0 Å². The molecule has 3 aromatic carbocycles. The third-order valence-corrected chi connectivity index (χ3v) is 7.85. The van der Waals surface area contributed by atoms with Gasteiger partial charge < -0.3 is 14.3 Å². The monoisotopic (exact) mass is 695 g/mol. The topological polar surface area (TPSA) is 65.5 Å². The number of carbonyl (C=O) groups is 2. The summed E-state index contributed by atoms with van der Waals surface area (Å²) in [5, 5.41) is 0.546. The van der Waals surface area contributed by atoms with Gasteiger partial charge in [0.2, 0.25) is 0 Å². The summed E-state index contributed by atoms with van der Waals surface area (Å²) in [4.78, 5) is 26.5. The van der Waals surface area contributed by atoms with Gasteiger partial charge in [0.15, 0.2) is 5.01 Å². The van der Waals surface area contributed by atoms with Gasteiger partial charge in [-0.25, -0.2) is 9.78 Å². The molecule has 49 heavy (non-hydrogen) atoms. The van der Waals surface area contributed by atoms with Gasteiger partial charge in [-0.05, 0) is 61.4 Å². The van der Waals surface area contributed by atoms with Crippen LogP contribution in [-0.4, -0.2) is 23.8 Å². The number of ether oxygens (including phenoxy) is 2. The first-order valence-electron chi connectivity index (χ1n) is 16.9. The molecule has 1 unspecified atom stereocenters. The first-order valence-corrected chi connectivity index (χ1v) is 17.8. The highest BCUT2D eigenvalue weighted by Crippen LogP contribution is 2.34. The number of halogens is 3. The van der Waals surface area contributed by atoms with Crippen LogP contribution in [0.5, 0.6) is 5.75 Å². The third kappa shape index (κ3) is 14.4. The van der Waals surface area contributed by atoms with Crippen molar-refractivity contribution in [3.8, 4) is 17.0 Å². The van der Waals surface area contributed by atoms with Crippen LogP contribution in [0.25, 0.3) is 17.3 Å². The van der Waals surface area contributed by atoms with Crippen molar-refractivity contribution >= 4 is 29.7 Å². The number of nitrogens with zero attached hydrogens (tertiary/aromatic N) is 1. The molecule has 5 nitrogen and oxygen atoms in total. The maximum Gasteiger partial charge on any atom is 0.443 e. The maximum atomic E-state index is 12.9.